The number of anilines is 2. The van der Waals surface area contributed by atoms with Gasteiger partial charge in [-0.2, -0.15) is 0 Å². The van der Waals surface area contributed by atoms with Gasteiger partial charge in [-0.15, -0.1) is 11.3 Å². The molecule has 8 heteroatoms. The Bertz CT molecular complexity index is 1720. The molecule has 3 aliphatic rings. The van der Waals surface area contributed by atoms with Crippen molar-refractivity contribution in [2.24, 2.45) is 5.92 Å². The van der Waals surface area contributed by atoms with Crippen LogP contribution < -0.4 is 10.2 Å². The molecule has 3 aliphatic heterocycles. The van der Waals surface area contributed by atoms with E-state index in [4.69, 9.17) is 23.2 Å². The number of thiophene rings is 1. The molecule has 0 bridgehead atoms. The highest BCUT2D eigenvalue weighted by Gasteiger charge is 2.70. The van der Waals surface area contributed by atoms with Crippen molar-refractivity contribution in [1.29, 1.82) is 0 Å². The first-order valence-electron chi connectivity index (χ1n) is 12.5. The molecule has 4 heterocycles. The summed E-state index contributed by atoms with van der Waals surface area (Å²) in [6, 6.07) is 21.7. The molecule has 1 N–H and O–H groups in total. The average molecular weight is 571 g/mol. The Morgan fingerprint density at radius 2 is 1.72 bits per heavy atom. The summed E-state index contributed by atoms with van der Waals surface area (Å²) in [5, 5.41) is 5.69. The van der Waals surface area contributed by atoms with Crippen LogP contribution in [0.4, 0.5) is 11.4 Å². The van der Waals surface area contributed by atoms with E-state index < -0.39 is 23.4 Å². The second-order valence-corrected chi connectivity index (χ2v) is 11.7. The lowest BCUT2D eigenvalue weighted by atomic mass is 9.64. The Morgan fingerprint density at radius 3 is 2.51 bits per heavy atom. The van der Waals surface area contributed by atoms with Gasteiger partial charge >= 0.3 is 0 Å². The van der Waals surface area contributed by atoms with Crippen LogP contribution >= 0.6 is 34.5 Å². The van der Waals surface area contributed by atoms with Gasteiger partial charge < -0.3 is 10.2 Å². The van der Waals surface area contributed by atoms with E-state index in [0.717, 1.165) is 11.3 Å². The molecule has 1 amide bonds. The number of carbonyl (C=O) groups excluding carboxylic acids is 3. The van der Waals surface area contributed by atoms with Crippen LogP contribution in [0, 0.1) is 5.92 Å². The van der Waals surface area contributed by atoms with E-state index in [2.05, 4.69) is 5.32 Å². The third kappa shape index (κ3) is 3.35. The largest absolute Gasteiger partial charge is 0.352 e. The summed E-state index contributed by atoms with van der Waals surface area (Å²) in [5.74, 6) is -1.94. The molecule has 7 rings (SSSR count). The van der Waals surface area contributed by atoms with Gasteiger partial charge in [0, 0.05) is 22.0 Å². The van der Waals surface area contributed by atoms with E-state index in [1.54, 1.807) is 36.4 Å². The zero-order valence-electron chi connectivity index (χ0n) is 20.3. The number of nitrogens with zero attached hydrogens (tertiary/aromatic N) is 1. The molecule has 5 nitrogen and oxygen atoms in total. The number of benzene rings is 3. The normalized spacial score (nSPS) is 24.3. The highest BCUT2D eigenvalue weighted by atomic mass is 35.5. The second kappa shape index (κ2) is 8.91. The lowest BCUT2D eigenvalue weighted by molar-refractivity contribution is -0.121. The number of Topliss-reactive ketones (excluding diaryl/α,β-unsaturated/α-hetero) is 2. The summed E-state index contributed by atoms with van der Waals surface area (Å²) in [4.78, 5) is 45.9. The minimum Gasteiger partial charge on any atom is -0.352 e. The first kappa shape index (κ1) is 24.3. The molecule has 3 aromatic carbocycles. The van der Waals surface area contributed by atoms with Gasteiger partial charge in [-0.3, -0.25) is 14.4 Å². The molecule has 4 aromatic rings. The Hall–Kier alpha value is -3.71. The predicted molar refractivity (Wildman–Crippen MR) is 155 cm³/mol. The third-order valence-electron chi connectivity index (χ3n) is 8.05. The SMILES string of the molecule is O=C(c1cccs1)[C@@H]1[C@@H](C(=O)c2ccccc2Cl)[C@@]2(C(=O)Nc3ccccc32)[C@H]2C=Cc3cc(Cl)ccc3N12. The Morgan fingerprint density at radius 1 is 0.923 bits per heavy atom. The van der Waals surface area contributed by atoms with Crippen LogP contribution in [0.15, 0.2) is 90.3 Å². The fourth-order valence-corrected chi connectivity index (χ4v) is 7.65. The van der Waals surface area contributed by atoms with E-state index in [9.17, 15) is 14.4 Å². The molecule has 1 aromatic heterocycles. The van der Waals surface area contributed by atoms with Crippen LogP contribution in [-0.4, -0.2) is 29.6 Å². The zero-order valence-corrected chi connectivity index (χ0v) is 22.6. The first-order valence-corrected chi connectivity index (χ1v) is 14.1. The maximum Gasteiger partial charge on any atom is 0.238 e. The molecule has 0 aliphatic carbocycles. The quantitative estimate of drug-likeness (QED) is 0.271. The average Bonchev–Trinajstić information content (AvgIpc) is 3.65. The number of rotatable bonds is 4. The first-order chi connectivity index (χ1) is 18.9. The monoisotopic (exact) mass is 570 g/mol. The fourth-order valence-electron chi connectivity index (χ4n) is 6.54. The van der Waals surface area contributed by atoms with Gasteiger partial charge in [0.25, 0.3) is 0 Å². The van der Waals surface area contributed by atoms with E-state index in [0.29, 0.717) is 21.2 Å². The number of hydrogen-bond donors (Lipinski definition) is 1. The van der Waals surface area contributed by atoms with E-state index >= 15 is 0 Å². The standard InChI is InChI=1S/C31H20Cl2N2O3S/c32-18-12-13-23-17(16-18)11-14-25-31(20-7-2-4-9-22(20)34-30(31)38)26(28(36)19-6-1-3-8-21(19)33)27(35(23)25)29(37)24-10-5-15-39-24/h1-16,25-27H,(H,34,38)/t25-,26+,27+,31+/m1/s1. The molecule has 1 spiro atoms. The van der Waals surface area contributed by atoms with Gasteiger partial charge in [-0.1, -0.05) is 71.8 Å². The smallest absolute Gasteiger partial charge is 0.238 e. The number of nitrogens with one attached hydrogen (secondary N) is 1. The maximum atomic E-state index is 14.7. The van der Waals surface area contributed by atoms with Crippen molar-refractivity contribution in [1.82, 2.24) is 0 Å². The number of hydrogen-bond acceptors (Lipinski definition) is 5. The minimum absolute atomic E-state index is 0.217. The number of amides is 1. The van der Waals surface area contributed by atoms with Crippen LogP contribution in [0.3, 0.4) is 0 Å². The van der Waals surface area contributed by atoms with Crippen LogP contribution in [0.5, 0.6) is 0 Å². The van der Waals surface area contributed by atoms with Gasteiger partial charge in [-0.05, 0) is 59.0 Å². The van der Waals surface area contributed by atoms with Gasteiger partial charge in [0.1, 0.15) is 11.5 Å². The molecular weight excluding hydrogens is 551 g/mol. The summed E-state index contributed by atoms with van der Waals surface area (Å²) >= 11 is 14.2. The lowest BCUT2D eigenvalue weighted by Gasteiger charge is -2.37. The van der Waals surface area contributed by atoms with E-state index in [-0.39, 0.29) is 28.1 Å². The molecule has 0 radical (unpaired) electrons. The maximum absolute atomic E-state index is 14.7. The molecule has 1 fully saturated rings. The predicted octanol–water partition coefficient (Wildman–Crippen LogP) is 6.91. The summed E-state index contributed by atoms with van der Waals surface area (Å²) in [6.07, 6.45) is 3.85. The topological polar surface area (TPSA) is 66.5 Å². The van der Waals surface area contributed by atoms with E-state index in [1.165, 1.54) is 11.3 Å². The minimum atomic E-state index is -1.38. The molecule has 39 heavy (non-hydrogen) atoms. The second-order valence-electron chi connectivity index (χ2n) is 9.89. The lowest BCUT2D eigenvalue weighted by Crippen LogP contribution is -2.51. The highest BCUT2D eigenvalue weighted by Crippen LogP contribution is 2.58. The fraction of sp³-hybridized carbons (Fsp3) is 0.129. The van der Waals surface area contributed by atoms with Gasteiger partial charge in [0.05, 0.1) is 21.9 Å². The highest BCUT2D eigenvalue weighted by molar-refractivity contribution is 7.12. The Kier molecular flexibility index (Phi) is 5.56. The van der Waals surface area contributed by atoms with Gasteiger partial charge in [0.2, 0.25) is 5.91 Å². The summed E-state index contributed by atoms with van der Waals surface area (Å²) in [7, 11) is 0. The van der Waals surface area contributed by atoms with Crippen molar-refractivity contribution in [2.45, 2.75) is 17.5 Å². The zero-order chi connectivity index (χ0) is 26.9. The van der Waals surface area contributed by atoms with Gasteiger partial charge in [-0.25, -0.2) is 0 Å². The molecule has 1 saturated heterocycles. The van der Waals surface area contributed by atoms with Crippen LogP contribution in [0.25, 0.3) is 6.08 Å². The number of para-hydroxylation sites is 1. The van der Waals surface area contributed by atoms with Gasteiger partial charge in [0.15, 0.2) is 11.6 Å². The third-order valence-corrected chi connectivity index (χ3v) is 9.50. The number of halogens is 2. The van der Waals surface area contributed by atoms with Crippen LogP contribution in [0.2, 0.25) is 10.0 Å². The molecule has 0 unspecified atom stereocenters. The summed E-state index contributed by atoms with van der Waals surface area (Å²) in [6.45, 7) is 0. The van der Waals surface area contributed by atoms with Crippen molar-refractivity contribution in [3.8, 4) is 0 Å². The van der Waals surface area contributed by atoms with Crippen molar-refractivity contribution in [3.05, 3.63) is 122 Å². The summed E-state index contributed by atoms with van der Waals surface area (Å²) < 4.78 is 0. The summed E-state index contributed by atoms with van der Waals surface area (Å²) in [5.41, 5.74) is 1.80. The van der Waals surface area contributed by atoms with Crippen LogP contribution in [0.1, 0.15) is 31.2 Å². The molecule has 192 valence electrons. The number of carbonyl (C=O) groups is 3. The van der Waals surface area contributed by atoms with Crippen LogP contribution in [-0.2, 0) is 10.2 Å². The van der Waals surface area contributed by atoms with Crippen molar-refractivity contribution >= 4 is 69.5 Å². The Balaban J connectivity index is 1.56. The number of ketones is 2. The molecular formula is C31H20Cl2N2O3S. The Labute approximate surface area is 238 Å². The van der Waals surface area contributed by atoms with Crippen molar-refractivity contribution in [2.75, 3.05) is 10.2 Å². The van der Waals surface area contributed by atoms with E-state index in [1.807, 2.05) is 64.9 Å². The molecule has 4 atom stereocenters. The molecule has 0 saturated carbocycles. The van der Waals surface area contributed by atoms with Crippen molar-refractivity contribution in [3.63, 3.8) is 0 Å². The number of fused-ring (bicyclic) bond motifs is 6. The van der Waals surface area contributed by atoms with Crippen molar-refractivity contribution < 1.29 is 14.4 Å².